The molecule has 2 aromatic carbocycles. The maximum atomic E-state index is 10.6. The van der Waals surface area contributed by atoms with Gasteiger partial charge in [0.15, 0.2) is 0 Å². The minimum absolute atomic E-state index is 0.617. The van der Waals surface area contributed by atoms with E-state index in [1.807, 2.05) is 13.0 Å². The summed E-state index contributed by atoms with van der Waals surface area (Å²) in [6.07, 6.45) is -0.795. The molecule has 2 rings (SSSR count). The van der Waals surface area contributed by atoms with Crippen molar-refractivity contribution in [3.05, 3.63) is 58.1 Å². The largest absolute Gasteiger partial charge is 0.497 e. The molecular weight excluding hydrogens is 276 g/mol. The van der Waals surface area contributed by atoms with Crippen molar-refractivity contribution in [1.82, 2.24) is 0 Å². The number of ether oxygens (including phenoxy) is 2. The van der Waals surface area contributed by atoms with Gasteiger partial charge < -0.3 is 14.6 Å². The fraction of sp³-hybridized carbons (Fsp3) is 0.250. The van der Waals surface area contributed by atoms with Crippen molar-refractivity contribution in [2.75, 3.05) is 14.2 Å². The standard InChI is InChI=1S/C16H17ClO3/c1-10-8-11(4-6-14(10)17)16(18)13-9-12(19-2)5-7-15(13)20-3/h4-9,16,18H,1-3H3. The van der Waals surface area contributed by atoms with Gasteiger partial charge in [-0.1, -0.05) is 23.7 Å². The highest BCUT2D eigenvalue weighted by Crippen LogP contribution is 2.34. The highest BCUT2D eigenvalue weighted by molar-refractivity contribution is 6.31. The summed E-state index contributed by atoms with van der Waals surface area (Å²) in [5.41, 5.74) is 2.34. The molecule has 0 fully saturated rings. The maximum Gasteiger partial charge on any atom is 0.125 e. The Balaban J connectivity index is 2.45. The van der Waals surface area contributed by atoms with Crippen LogP contribution in [0.3, 0.4) is 0 Å². The Morgan fingerprint density at radius 3 is 2.40 bits per heavy atom. The van der Waals surface area contributed by atoms with Crippen LogP contribution < -0.4 is 9.47 Å². The molecule has 0 amide bonds. The molecule has 0 saturated heterocycles. The minimum Gasteiger partial charge on any atom is -0.497 e. The van der Waals surface area contributed by atoms with Crippen molar-refractivity contribution in [1.29, 1.82) is 0 Å². The molecule has 0 heterocycles. The molecule has 0 aliphatic rings. The second-order valence-electron chi connectivity index (χ2n) is 4.52. The first-order valence-corrected chi connectivity index (χ1v) is 6.60. The molecule has 2 aromatic rings. The van der Waals surface area contributed by atoms with Gasteiger partial charge in [0, 0.05) is 10.6 Å². The third-order valence-electron chi connectivity index (χ3n) is 3.23. The Morgan fingerprint density at radius 2 is 1.80 bits per heavy atom. The second-order valence-corrected chi connectivity index (χ2v) is 4.93. The number of aryl methyl sites for hydroxylation is 1. The van der Waals surface area contributed by atoms with Crippen molar-refractivity contribution in [2.45, 2.75) is 13.0 Å². The lowest BCUT2D eigenvalue weighted by molar-refractivity contribution is 0.214. The van der Waals surface area contributed by atoms with Gasteiger partial charge in [0.05, 0.1) is 14.2 Å². The molecule has 0 aliphatic heterocycles. The quantitative estimate of drug-likeness (QED) is 0.933. The van der Waals surface area contributed by atoms with Crippen LogP contribution in [0, 0.1) is 6.92 Å². The summed E-state index contributed by atoms with van der Waals surface area (Å²) in [7, 11) is 3.16. The molecule has 0 aliphatic carbocycles. The Bertz CT molecular complexity index is 611. The first-order chi connectivity index (χ1) is 9.56. The van der Waals surface area contributed by atoms with Crippen molar-refractivity contribution < 1.29 is 14.6 Å². The first-order valence-electron chi connectivity index (χ1n) is 6.23. The van der Waals surface area contributed by atoms with Crippen molar-refractivity contribution in [3.63, 3.8) is 0 Å². The van der Waals surface area contributed by atoms with Crippen LogP contribution in [0.4, 0.5) is 0 Å². The van der Waals surface area contributed by atoms with Gasteiger partial charge in [0.1, 0.15) is 17.6 Å². The van der Waals surface area contributed by atoms with E-state index in [9.17, 15) is 5.11 Å². The summed E-state index contributed by atoms with van der Waals surface area (Å²) in [4.78, 5) is 0. The lowest BCUT2D eigenvalue weighted by Crippen LogP contribution is -2.03. The van der Waals surface area contributed by atoms with Crippen LogP contribution in [0.25, 0.3) is 0 Å². The summed E-state index contributed by atoms with van der Waals surface area (Å²) in [6, 6.07) is 10.8. The number of benzene rings is 2. The van der Waals surface area contributed by atoms with Crippen molar-refractivity contribution in [3.8, 4) is 11.5 Å². The zero-order valence-electron chi connectivity index (χ0n) is 11.7. The normalized spacial score (nSPS) is 12.1. The van der Waals surface area contributed by atoms with Gasteiger partial charge in [-0.25, -0.2) is 0 Å². The van der Waals surface area contributed by atoms with Crippen LogP contribution in [0.15, 0.2) is 36.4 Å². The van der Waals surface area contributed by atoms with Gasteiger partial charge in [-0.05, 0) is 42.3 Å². The van der Waals surface area contributed by atoms with Crippen LogP contribution in [0.1, 0.15) is 22.8 Å². The third kappa shape index (κ3) is 2.89. The zero-order valence-corrected chi connectivity index (χ0v) is 12.4. The molecule has 0 bridgehead atoms. The predicted molar refractivity (Wildman–Crippen MR) is 79.8 cm³/mol. The van der Waals surface area contributed by atoms with Crippen LogP contribution in [-0.2, 0) is 0 Å². The Kier molecular flexibility index (Phi) is 4.53. The fourth-order valence-electron chi connectivity index (χ4n) is 2.07. The molecule has 0 spiro atoms. The van der Waals surface area contributed by atoms with E-state index in [4.69, 9.17) is 21.1 Å². The lowest BCUT2D eigenvalue weighted by Gasteiger charge is -2.17. The average molecular weight is 293 g/mol. The van der Waals surface area contributed by atoms with Crippen LogP contribution in [-0.4, -0.2) is 19.3 Å². The number of hydrogen-bond acceptors (Lipinski definition) is 3. The monoisotopic (exact) mass is 292 g/mol. The molecule has 106 valence electrons. The molecule has 20 heavy (non-hydrogen) atoms. The molecule has 3 nitrogen and oxygen atoms in total. The minimum atomic E-state index is -0.795. The summed E-state index contributed by atoms with van der Waals surface area (Å²) in [5.74, 6) is 1.29. The van der Waals surface area contributed by atoms with Gasteiger partial charge in [-0.2, -0.15) is 0 Å². The van der Waals surface area contributed by atoms with Gasteiger partial charge >= 0.3 is 0 Å². The number of aliphatic hydroxyl groups is 1. The third-order valence-corrected chi connectivity index (χ3v) is 3.65. The van der Waals surface area contributed by atoms with E-state index >= 15 is 0 Å². The molecule has 0 radical (unpaired) electrons. The summed E-state index contributed by atoms with van der Waals surface area (Å²) in [5, 5.41) is 11.2. The van der Waals surface area contributed by atoms with Gasteiger partial charge in [0.25, 0.3) is 0 Å². The molecular formula is C16H17ClO3. The van der Waals surface area contributed by atoms with E-state index < -0.39 is 6.10 Å². The number of aliphatic hydroxyl groups excluding tert-OH is 1. The number of hydrogen-bond donors (Lipinski definition) is 1. The van der Waals surface area contributed by atoms with E-state index in [2.05, 4.69) is 0 Å². The lowest BCUT2D eigenvalue weighted by atomic mass is 9.99. The van der Waals surface area contributed by atoms with Crippen molar-refractivity contribution >= 4 is 11.6 Å². The van der Waals surface area contributed by atoms with Gasteiger partial charge in [0.2, 0.25) is 0 Å². The van der Waals surface area contributed by atoms with E-state index in [1.165, 1.54) is 0 Å². The first kappa shape index (κ1) is 14.7. The van der Waals surface area contributed by atoms with E-state index in [0.29, 0.717) is 22.1 Å². The molecule has 0 saturated carbocycles. The predicted octanol–water partition coefficient (Wildman–Crippen LogP) is 3.75. The molecule has 4 heteroatoms. The topological polar surface area (TPSA) is 38.7 Å². The van der Waals surface area contributed by atoms with Gasteiger partial charge in [-0.15, -0.1) is 0 Å². The molecule has 0 aromatic heterocycles. The average Bonchev–Trinajstić information content (AvgIpc) is 2.48. The highest BCUT2D eigenvalue weighted by atomic mass is 35.5. The summed E-state index contributed by atoms with van der Waals surface area (Å²) >= 11 is 6.01. The summed E-state index contributed by atoms with van der Waals surface area (Å²) in [6.45, 7) is 1.90. The number of rotatable bonds is 4. The van der Waals surface area contributed by atoms with Crippen LogP contribution in [0.2, 0.25) is 5.02 Å². The van der Waals surface area contributed by atoms with E-state index in [-0.39, 0.29) is 0 Å². The molecule has 1 unspecified atom stereocenters. The molecule has 1 N–H and O–H groups in total. The zero-order chi connectivity index (χ0) is 14.7. The van der Waals surface area contributed by atoms with Gasteiger partial charge in [-0.3, -0.25) is 0 Å². The summed E-state index contributed by atoms with van der Waals surface area (Å²) < 4.78 is 10.5. The highest BCUT2D eigenvalue weighted by Gasteiger charge is 2.17. The smallest absolute Gasteiger partial charge is 0.125 e. The van der Waals surface area contributed by atoms with Crippen LogP contribution >= 0.6 is 11.6 Å². The Hall–Kier alpha value is -1.71. The number of methoxy groups -OCH3 is 2. The SMILES string of the molecule is COc1ccc(OC)c(C(O)c2ccc(Cl)c(C)c2)c1. The Morgan fingerprint density at radius 1 is 1.05 bits per heavy atom. The van der Waals surface area contributed by atoms with Crippen molar-refractivity contribution in [2.24, 2.45) is 0 Å². The maximum absolute atomic E-state index is 10.6. The number of halogens is 1. The van der Waals surface area contributed by atoms with E-state index in [0.717, 1.165) is 11.1 Å². The van der Waals surface area contributed by atoms with E-state index in [1.54, 1.807) is 44.6 Å². The fourth-order valence-corrected chi connectivity index (χ4v) is 2.19. The second kappa shape index (κ2) is 6.16. The van der Waals surface area contributed by atoms with Crippen LogP contribution in [0.5, 0.6) is 11.5 Å². The molecule has 1 atom stereocenters. The Labute approximate surface area is 123 Å².